The van der Waals surface area contributed by atoms with Crippen molar-refractivity contribution < 1.29 is 13.9 Å². The van der Waals surface area contributed by atoms with Gasteiger partial charge in [-0.05, 0) is 18.2 Å². The molecule has 0 amide bonds. The normalized spacial score (nSPS) is 11.0. The van der Waals surface area contributed by atoms with Crippen molar-refractivity contribution in [2.24, 2.45) is 5.92 Å². The van der Waals surface area contributed by atoms with Gasteiger partial charge in [0.1, 0.15) is 17.6 Å². The largest absolute Gasteiger partial charge is 0.463 e. The van der Waals surface area contributed by atoms with Crippen LogP contribution in [0.4, 0.5) is 0 Å². The van der Waals surface area contributed by atoms with Crippen LogP contribution >= 0.6 is 11.6 Å². The van der Waals surface area contributed by atoms with Crippen LogP contribution in [0.15, 0.2) is 57.9 Å². The second kappa shape index (κ2) is 6.49. The summed E-state index contributed by atoms with van der Waals surface area (Å²) >= 11 is 6.16. The summed E-state index contributed by atoms with van der Waals surface area (Å²) in [5.74, 6) is -0.241. The topological polar surface area (TPSA) is 56.5 Å². The first-order valence-corrected chi connectivity index (χ1v) is 7.87. The molecule has 4 nitrogen and oxygen atoms in total. The molecule has 0 fully saturated rings. The number of hydrogen-bond donors (Lipinski definition) is 0. The lowest BCUT2D eigenvalue weighted by Gasteiger charge is -2.08. The van der Waals surface area contributed by atoms with Gasteiger partial charge in [-0.15, -0.1) is 0 Å². The molecule has 5 heteroatoms. The molecule has 0 saturated heterocycles. The van der Waals surface area contributed by atoms with E-state index in [4.69, 9.17) is 20.8 Å². The minimum absolute atomic E-state index is 0.189. The number of hydrogen-bond acceptors (Lipinski definition) is 4. The highest BCUT2D eigenvalue weighted by molar-refractivity contribution is 6.33. The zero-order valence-corrected chi connectivity index (χ0v) is 14.0. The first-order valence-electron chi connectivity index (χ1n) is 7.49. The number of carbonyl (C=O) groups excluding carboxylic acids is 1. The first kappa shape index (κ1) is 16.3. The van der Waals surface area contributed by atoms with Crippen molar-refractivity contribution in [2.45, 2.75) is 13.8 Å². The molecule has 0 N–H and O–H groups in total. The molecule has 0 bridgehead atoms. The number of ether oxygens (including phenoxy) is 1. The smallest absolute Gasteiger partial charge is 0.313 e. The molecule has 0 aliphatic rings. The predicted octanol–water partition coefficient (Wildman–Crippen LogP) is 4.67. The Kier molecular flexibility index (Phi) is 4.40. The molecule has 122 valence electrons. The minimum Gasteiger partial charge on any atom is -0.463 e. The van der Waals surface area contributed by atoms with E-state index >= 15 is 0 Å². The van der Waals surface area contributed by atoms with Gasteiger partial charge < -0.3 is 9.15 Å². The van der Waals surface area contributed by atoms with E-state index in [-0.39, 0.29) is 17.3 Å². The summed E-state index contributed by atoms with van der Waals surface area (Å²) in [6, 6.07) is 11.8. The molecule has 2 aromatic carbocycles. The molecule has 1 heterocycles. The molecule has 3 rings (SSSR count). The molecule has 0 unspecified atom stereocenters. The Balaban J connectivity index is 2.07. The average Bonchev–Trinajstić information content (AvgIpc) is 2.56. The molecule has 0 aliphatic heterocycles. The lowest BCUT2D eigenvalue weighted by atomic mass is 10.1. The van der Waals surface area contributed by atoms with Crippen LogP contribution in [0.25, 0.3) is 22.1 Å². The third-order valence-electron chi connectivity index (χ3n) is 3.60. The second-order valence-electron chi connectivity index (χ2n) is 5.69. The predicted molar refractivity (Wildman–Crippen MR) is 93.4 cm³/mol. The van der Waals surface area contributed by atoms with Gasteiger partial charge in [0.15, 0.2) is 0 Å². The van der Waals surface area contributed by atoms with Crippen LogP contribution in [-0.2, 0) is 4.79 Å². The van der Waals surface area contributed by atoms with Crippen molar-refractivity contribution in [1.82, 2.24) is 0 Å². The van der Waals surface area contributed by atoms with E-state index in [1.54, 1.807) is 50.2 Å². The zero-order chi connectivity index (χ0) is 17.3. The van der Waals surface area contributed by atoms with Crippen LogP contribution in [-0.4, -0.2) is 5.97 Å². The first-order chi connectivity index (χ1) is 11.5. The summed E-state index contributed by atoms with van der Waals surface area (Å²) in [5.41, 5.74) is 1.17. The molecule has 24 heavy (non-hydrogen) atoms. The summed E-state index contributed by atoms with van der Waals surface area (Å²) in [5, 5.41) is 0.878. The highest BCUT2D eigenvalue weighted by Gasteiger charge is 2.14. The monoisotopic (exact) mass is 342 g/mol. The lowest BCUT2D eigenvalue weighted by molar-refractivity contribution is -0.137. The number of halogens is 1. The van der Waals surface area contributed by atoms with Crippen LogP contribution in [0, 0.1) is 5.92 Å². The summed E-state index contributed by atoms with van der Waals surface area (Å²) in [6.45, 7) is 3.50. The van der Waals surface area contributed by atoms with E-state index in [1.807, 2.05) is 0 Å². The highest BCUT2D eigenvalue weighted by Crippen LogP contribution is 2.28. The fourth-order valence-electron chi connectivity index (χ4n) is 2.27. The number of fused-ring (bicyclic) bond motifs is 1. The summed E-state index contributed by atoms with van der Waals surface area (Å²) in [6.07, 6.45) is 1.37. The summed E-state index contributed by atoms with van der Waals surface area (Å²) in [4.78, 5) is 24.4. The van der Waals surface area contributed by atoms with Crippen LogP contribution in [0.1, 0.15) is 13.8 Å². The van der Waals surface area contributed by atoms with E-state index in [2.05, 4.69) is 0 Å². The molecule has 0 radical (unpaired) electrons. The van der Waals surface area contributed by atoms with Crippen molar-refractivity contribution in [2.75, 3.05) is 0 Å². The van der Waals surface area contributed by atoms with E-state index in [1.165, 1.54) is 12.3 Å². The van der Waals surface area contributed by atoms with Crippen LogP contribution in [0.2, 0.25) is 5.02 Å². The Hall–Kier alpha value is -2.59. The fourth-order valence-corrected chi connectivity index (χ4v) is 2.51. The Labute approximate surface area is 143 Å². The van der Waals surface area contributed by atoms with Gasteiger partial charge in [0.2, 0.25) is 5.43 Å². The van der Waals surface area contributed by atoms with Crippen molar-refractivity contribution in [3.63, 3.8) is 0 Å². The van der Waals surface area contributed by atoms with Crippen LogP contribution in [0.3, 0.4) is 0 Å². The third-order valence-corrected chi connectivity index (χ3v) is 3.93. The summed E-state index contributed by atoms with van der Waals surface area (Å²) in [7, 11) is 0. The van der Waals surface area contributed by atoms with Gasteiger partial charge in [0.05, 0.1) is 16.9 Å². The van der Waals surface area contributed by atoms with Crippen LogP contribution < -0.4 is 10.2 Å². The van der Waals surface area contributed by atoms with Crippen molar-refractivity contribution >= 4 is 28.5 Å². The van der Waals surface area contributed by atoms with Gasteiger partial charge in [-0.3, -0.25) is 9.59 Å². The maximum atomic E-state index is 12.7. The Morgan fingerprint density at radius 1 is 1.12 bits per heavy atom. The standard InChI is InChI=1S/C19H15ClO4/c1-11(2)19(22)24-12-7-8-14-17(9-12)23-10-15(18(14)21)13-5-3-4-6-16(13)20/h3-11H,1-2H3. The molecule has 1 aromatic heterocycles. The zero-order valence-electron chi connectivity index (χ0n) is 13.2. The van der Waals surface area contributed by atoms with Crippen molar-refractivity contribution in [3.05, 3.63) is 64.0 Å². The molecule has 3 aromatic rings. The average molecular weight is 343 g/mol. The van der Waals surface area contributed by atoms with Crippen molar-refractivity contribution in [1.29, 1.82) is 0 Å². The van der Waals surface area contributed by atoms with E-state index in [0.29, 0.717) is 32.9 Å². The van der Waals surface area contributed by atoms with Gasteiger partial charge in [0.25, 0.3) is 0 Å². The van der Waals surface area contributed by atoms with Crippen LogP contribution in [0.5, 0.6) is 5.75 Å². The van der Waals surface area contributed by atoms with E-state index < -0.39 is 0 Å². The molecule has 0 atom stereocenters. The van der Waals surface area contributed by atoms with Gasteiger partial charge in [-0.1, -0.05) is 43.6 Å². The lowest BCUT2D eigenvalue weighted by Crippen LogP contribution is -2.14. The van der Waals surface area contributed by atoms with E-state index in [9.17, 15) is 9.59 Å². The van der Waals surface area contributed by atoms with Crippen molar-refractivity contribution in [3.8, 4) is 16.9 Å². The molecular formula is C19H15ClO4. The molecular weight excluding hydrogens is 328 g/mol. The Morgan fingerprint density at radius 2 is 1.88 bits per heavy atom. The number of carbonyl (C=O) groups is 1. The van der Waals surface area contributed by atoms with Gasteiger partial charge in [0, 0.05) is 16.7 Å². The SMILES string of the molecule is CC(C)C(=O)Oc1ccc2c(=O)c(-c3ccccc3Cl)coc2c1. The maximum Gasteiger partial charge on any atom is 0.313 e. The Morgan fingerprint density at radius 3 is 2.58 bits per heavy atom. The maximum absolute atomic E-state index is 12.7. The van der Waals surface area contributed by atoms with Gasteiger partial charge in [-0.25, -0.2) is 0 Å². The fraction of sp³-hybridized carbons (Fsp3) is 0.158. The highest BCUT2D eigenvalue weighted by atomic mass is 35.5. The molecule has 0 aliphatic carbocycles. The number of benzene rings is 2. The minimum atomic E-state index is -0.343. The van der Waals surface area contributed by atoms with Gasteiger partial charge in [-0.2, -0.15) is 0 Å². The quantitative estimate of drug-likeness (QED) is 0.512. The number of esters is 1. The van der Waals surface area contributed by atoms with E-state index in [0.717, 1.165) is 0 Å². The molecule has 0 saturated carbocycles. The number of rotatable bonds is 3. The Bertz CT molecular complexity index is 973. The molecule has 0 spiro atoms. The summed E-state index contributed by atoms with van der Waals surface area (Å²) < 4.78 is 10.8. The third kappa shape index (κ3) is 3.05. The second-order valence-corrected chi connectivity index (χ2v) is 6.10. The van der Waals surface area contributed by atoms with Gasteiger partial charge >= 0.3 is 5.97 Å².